The molecule has 0 radical (unpaired) electrons. The van der Waals surface area contributed by atoms with Crippen LogP contribution in [0.5, 0.6) is 5.75 Å². The topological polar surface area (TPSA) is 90.1 Å². The number of nitrogen functional groups attached to an aromatic ring is 1. The lowest BCUT2D eigenvalue weighted by molar-refractivity contribution is 0.0951. The highest BCUT2D eigenvalue weighted by Gasteiger charge is 2.18. The van der Waals surface area contributed by atoms with Crippen LogP contribution in [-0.4, -0.2) is 22.4 Å². The average molecular weight is 300 g/mol. The Bertz CT molecular complexity index is 669. The molecule has 2 rings (SSSR count). The fraction of sp³-hybridized carbons (Fsp3) is 0.312. The molecule has 0 aliphatic rings. The van der Waals surface area contributed by atoms with Crippen molar-refractivity contribution in [1.82, 2.24) is 15.3 Å². The Morgan fingerprint density at radius 3 is 2.55 bits per heavy atom. The molecule has 0 fully saturated rings. The Morgan fingerprint density at radius 2 is 1.91 bits per heavy atom. The Kier molecular flexibility index (Phi) is 4.93. The van der Waals surface area contributed by atoms with E-state index in [9.17, 15) is 4.79 Å². The number of amides is 1. The minimum atomic E-state index is -0.220. The van der Waals surface area contributed by atoms with Crippen LogP contribution < -0.4 is 15.8 Å². The van der Waals surface area contributed by atoms with E-state index in [4.69, 9.17) is 10.5 Å². The molecule has 1 aromatic carbocycles. The summed E-state index contributed by atoms with van der Waals surface area (Å²) in [5.74, 6) is 0.623. The summed E-state index contributed by atoms with van der Waals surface area (Å²) >= 11 is 0. The van der Waals surface area contributed by atoms with E-state index in [1.165, 1.54) is 0 Å². The van der Waals surface area contributed by atoms with Crippen LogP contribution in [-0.2, 0) is 6.61 Å². The second-order valence-corrected chi connectivity index (χ2v) is 4.95. The van der Waals surface area contributed by atoms with Crippen molar-refractivity contribution in [2.24, 2.45) is 0 Å². The number of ether oxygens (including phenoxy) is 1. The molecule has 1 aromatic heterocycles. The predicted octanol–water partition coefficient (Wildman–Crippen LogP) is 2.00. The summed E-state index contributed by atoms with van der Waals surface area (Å²) in [6, 6.07) is 7.66. The van der Waals surface area contributed by atoms with E-state index in [0.717, 1.165) is 5.56 Å². The number of nitrogens with zero attached hydrogens (tertiary/aromatic N) is 2. The molecule has 0 saturated carbocycles. The van der Waals surface area contributed by atoms with Crippen molar-refractivity contribution in [3.63, 3.8) is 0 Å². The molecule has 0 atom stereocenters. The second kappa shape index (κ2) is 6.89. The van der Waals surface area contributed by atoms with Gasteiger partial charge < -0.3 is 15.8 Å². The Labute approximate surface area is 129 Å². The van der Waals surface area contributed by atoms with Crippen molar-refractivity contribution in [3.05, 3.63) is 46.8 Å². The maximum absolute atomic E-state index is 12.2. The van der Waals surface area contributed by atoms with Crippen molar-refractivity contribution in [2.45, 2.75) is 27.4 Å². The summed E-state index contributed by atoms with van der Waals surface area (Å²) < 4.78 is 5.70. The lowest BCUT2D eigenvalue weighted by atomic mass is 10.1. The van der Waals surface area contributed by atoms with Crippen molar-refractivity contribution in [3.8, 4) is 5.75 Å². The first-order chi connectivity index (χ1) is 10.5. The van der Waals surface area contributed by atoms with Crippen molar-refractivity contribution in [1.29, 1.82) is 0 Å². The first-order valence-electron chi connectivity index (χ1n) is 7.12. The quantitative estimate of drug-likeness (QED) is 0.881. The standard InChI is InChI=1S/C16H20N4O2/c1-4-18-15(21)14-11(3)19-16(17)20-13(14)9-22-12-7-5-10(2)6-8-12/h5-8H,4,9H2,1-3H3,(H,18,21)(H2,17,19,20). The van der Waals surface area contributed by atoms with Gasteiger partial charge in [0.1, 0.15) is 12.4 Å². The normalized spacial score (nSPS) is 10.3. The molecule has 2 aromatic rings. The third kappa shape index (κ3) is 3.72. The minimum Gasteiger partial charge on any atom is -0.487 e. The van der Waals surface area contributed by atoms with E-state index in [0.29, 0.717) is 29.2 Å². The highest BCUT2D eigenvalue weighted by atomic mass is 16.5. The fourth-order valence-corrected chi connectivity index (χ4v) is 2.09. The van der Waals surface area contributed by atoms with Crippen LogP contribution in [0.25, 0.3) is 0 Å². The third-order valence-electron chi connectivity index (χ3n) is 3.14. The molecule has 1 amide bonds. The van der Waals surface area contributed by atoms with Gasteiger partial charge in [-0.2, -0.15) is 0 Å². The number of nitrogens with two attached hydrogens (primary N) is 1. The molecule has 3 N–H and O–H groups in total. The summed E-state index contributed by atoms with van der Waals surface area (Å²) in [7, 11) is 0. The molecule has 0 aliphatic carbocycles. The van der Waals surface area contributed by atoms with Gasteiger partial charge in [0, 0.05) is 6.54 Å². The molecule has 1 heterocycles. The van der Waals surface area contributed by atoms with Gasteiger partial charge in [-0.3, -0.25) is 4.79 Å². The molecule has 6 heteroatoms. The van der Waals surface area contributed by atoms with Gasteiger partial charge in [-0.05, 0) is 32.9 Å². The Hall–Kier alpha value is -2.63. The zero-order valence-electron chi connectivity index (χ0n) is 13.0. The number of carbonyl (C=O) groups excluding carboxylic acids is 1. The van der Waals surface area contributed by atoms with E-state index < -0.39 is 0 Å². The SMILES string of the molecule is CCNC(=O)c1c(C)nc(N)nc1COc1ccc(C)cc1. The van der Waals surface area contributed by atoms with E-state index >= 15 is 0 Å². The smallest absolute Gasteiger partial charge is 0.255 e. The zero-order valence-corrected chi connectivity index (χ0v) is 13.0. The molecular weight excluding hydrogens is 280 g/mol. The maximum Gasteiger partial charge on any atom is 0.255 e. The lowest BCUT2D eigenvalue weighted by Crippen LogP contribution is -2.26. The van der Waals surface area contributed by atoms with Gasteiger partial charge >= 0.3 is 0 Å². The maximum atomic E-state index is 12.2. The predicted molar refractivity (Wildman–Crippen MR) is 84.7 cm³/mol. The number of hydrogen-bond acceptors (Lipinski definition) is 5. The summed E-state index contributed by atoms with van der Waals surface area (Å²) in [6.07, 6.45) is 0. The third-order valence-corrected chi connectivity index (χ3v) is 3.14. The van der Waals surface area contributed by atoms with Crippen molar-refractivity contribution >= 4 is 11.9 Å². The highest BCUT2D eigenvalue weighted by molar-refractivity contribution is 5.96. The molecule has 0 saturated heterocycles. The number of hydrogen-bond donors (Lipinski definition) is 2. The molecule has 0 spiro atoms. The van der Waals surface area contributed by atoms with Crippen LogP contribution in [0.2, 0.25) is 0 Å². The lowest BCUT2D eigenvalue weighted by Gasteiger charge is -2.12. The largest absolute Gasteiger partial charge is 0.487 e. The molecule has 6 nitrogen and oxygen atoms in total. The van der Waals surface area contributed by atoms with Crippen LogP contribution in [0.4, 0.5) is 5.95 Å². The fourth-order valence-electron chi connectivity index (χ4n) is 2.09. The summed E-state index contributed by atoms with van der Waals surface area (Å²) in [4.78, 5) is 20.4. The van der Waals surface area contributed by atoms with Crippen LogP contribution in [0, 0.1) is 13.8 Å². The molecular formula is C16H20N4O2. The number of aryl methyl sites for hydroxylation is 2. The van der Waals surface area contributed by atoms with Gasteiger partial charge in [0.25, 0.3) is 5.91 Å². The van der Waals surface area contributed by atoms with Crippen LogP contribution in [0.15, 0.2) is 24.3 Å². The number of carbonyl (C=O) groups is 1. The first kappa shape index (κ1) is 15.8. The molecule has 0 bridgehead atoms. The van der Waals surface area contributed by atoms with Gasteiger partial charge in [0.2, 0.25) is 5.95 Å². The van der Waals surface area contributed by atoms with Crippen molar-refractivity contribution in [2.75, 3.05) is 12.3 Å². The van der Waals surface area contributed by atoms with Crippen LogP contribution >= 0.6 is 0 Å². The molecule has 0 unspecified atom stereocenters. The number of anilines is 1. The van der Waals surface area contributed by atoms with E-state index in [-0.39, 0.29) is 18.5 Å². The van der Waals surface area contributed by atoms with E-state index in [1.807, 2.05) is 38.1 Å². The highest BCUT2D eigenvalue weighted by Crippen LogP contribution is 2.17. The van der Waals surface area contributed by atoms with Crippen LogP contribution in [0.3, 0.4) is 0 Å². The molecule has 116 valence electrons. The monoisotopic (exact) mass is 300 g/mol. The summed E-state index contributed by atoms with van der Waals surface area (Å²) in [6.45, 7) is 6.28. The average Bonchev–Trinajstić information content (AvgIpc) is 2.46. The zero-order chi connectivity index (χ0) is 16.1. The summed E-state index contributed by atoms with van der Waals surface area (Å²) in [5.41, 5.74) is 8.28. The van der Waals surface area contributed by atoms with E-state index in [2.05, 4.69) is 15.3 Å². The Morgan fingerprint density at radius 1 is 1.23 bits per heavy atom. The van der Waals surface area contributed by atoms with Gasteiger partial charge in [-0.25, -0.2) is 9.97 Å². The molecule has 0 aliphatic heterocycles. The minimum absolute atomic E-state index is 0.132. The van der Waals surface area contributed by atoms with Gasteiger partial charge in [0.05, 0.1) is 17.0 Å². The van der Waals surface area contributed by atoms with Gasteiger partial charge in [-0.15, -0.1) is 0 Å². The second-order valence-electron chi connectivity index (χ2n) is 4.95. The van der Waals surface area contributed by atoms with Crippen molar-refractivity contribution < 1.29 is 9.53 Å². The summed E-state index contributed by atoms with van der Waals surface area (Å²) in [5, 5.41) is 2.75. The van der Waals surface area contributed by atoms with E-state index in [1.54, 1.807) is 6.92 Å². The Balaban J connectivity index is 2.25. The van der Waals surface area contributed by atoms with Gasteiger partial charge in [0.15, 0.2) is 0 Å². The number of rotatable bonds is 5. The number of aromatic nitrogens is 2. The van der Waals surface area contributed by atoms with Gasteiger partial charge in [-0.1, -0.05) is 17.7 Å². The first-order valence-corrected chi connectivity index (χ1v) is 7.12. The molecule has 22 heavy (non-hydrogen) atoms. The van der Waals surface area contributed by atoms with Crippen LogP contribution in [0.1, 0.15) is 34.2 Å². The number of nitrogens with one attached hydrogen (secondary N) is 1. The number of benzene rings is 1.